The van der Waals surface area contributed by atoms with Crippen molar-refractivity contribution in [1.29, 1.82) is 0 Å². The fourth-order valence-corrected chi connectivity index (χ4v) is 1.05. The molecule has 0 aliphatic rings. The van der Waals surface area contributed by atoms with E-state index in [1.165, 1.54) is 0 Å². The van der Waals surface area contributed by atoms with Crippen molar-refractivity contribution < 1.29 is 4.79 Å². The standard InChI is InChI=1S/C10H20N2O/c1-3-5-6-7-12-10(13)9(4-2)8-11/h3,5,9H,4,6-8,11H2,1-2H3,(H,12,13)/b5-3+. The lowest BCUT2D eigenvalue weighted by Gasteiger charge is -2.11. The van der Waals surface area contributed by atoms with E-state index in [2.05, 4.69) is 5.32 Å². The fraction of sp³-hybridized carbons (Fsp3) is 0.700. The largest absolute Gasteiger partial charge is 0.356 e. The predicted octanol–water partition coefficient (Wildman–Crippen LogP) is 1.05. The van der Waals surface area contributed by atoms with Crippen LogP contribution < -0.4 is 11.1 Å². The van der Waals surface area contributed by atoms with Gasteiger partial charge in [0.1, 0.15) is 0 Å². The zero-order valence-corrected chi connectivity index (χ0v) is 8.55. The highest BCUT2D eigenvalue weighted by Gasteiger charge is 2.12. The van der Waals surface area contributed by atoms with E-state index in [-0.39, 0.29) is 11.8 Å². The minimum absolute atomic E-state index is 0.0226. The summed E-state index contributed by atoms with van der Waals surface area (Å²) in [6.45, 7) is 5.09. The Morgan fingerprint density at radius 3 is 2.77 bits per heavy atom. The second kappa shape index (κ2) is 7.80. The third-order valence-corrected chi connectivity index (χ3v) is 1.99. The lowest BCUT2D eigenvalue weighted by molar-refractivity contribution is -0.124. The van der Waals surface area contributed by atoms with Crippen molar-refractivity contribution in [2.75, 3.05) is 13.1 Å². The van der Waals surface area contributed by atoms with Crippen molar-refractivity contribution in [3.05, 3.63) is 12.2 Å². The summed E-state index contributed by atoms with van der Waals surface area (Å²) in [6, 6.07) is 0. The number of carbonyl (C=O) groups excluding carboxylic acids is 1. The van der Waals surface area contributed by atoms with Gasteiger partial charge in [0, 0.05) is 19.0 Å². The van der Waals surface area contributed by atoms with Crippen LogP contribution in [0.3, 0.4) is 0 Å². The van der Waals surface area contributed by atoms with E-state index in [0.717, 1.165) is 12.8 Å². The van der Waals surface area contributed by atoms with E-state index in [9.17, 15) is 4.79 Å². The second-order valence-corrected chi connectivity index (χ2v) is 2.99. The molecule has 76 valence electrons. The average Bonchev–Trinajstić information content (AvgIpc) is 2.14. The third kappa shape index (κ3) is 5.42. The first kappa shape index (κ1) is 12.2. The monoisotopic (exact) mass is 184 g/mol. The smallest absolute Gasteiger partial charge is 0.224 e. The van der Waals surface area contributed by atoms with Gasteiger partial charge in [-0.2, -0.15) is 0 Å². The van der Waals surface area contributed by atoms with E-state index < -0.39 is 0 Å². The molecule has 1 atom stereocenters. The summed E-state index contributed by atoms with van der Waals surface area (Å²) >= 11 is 0. The summed E-state index contributed by atoms with van der Waals surface area (Å²) < 4.78 is 0. The molecular weight excluding hydrogens is 164 g/mol. The lowest BCUT2D eigenvalue weighted by atomic mass is 10.1. The number of nitrogens with two attached hydrogens (primary N) is 1. The van der Waals surface area contributed by atoms with E-state index in [0.29, 0.717) is 13.1 Å². The van der Waals surface area contributed by atoms with Crippen LogP contribution >= 0.6 is 0 Å². The minimum atomic E-state index is -0.0226. The molecule has 0 spiro atoms. The first-order chi connectivity index (χ1) is 6.26. The van der Waals surface area contributed by atoms with Crippen LogP contribution in [0.1, 0.15) is 26.7 Å². The maximum absolute atomic E-state index is 11.4. The van der Waals surface area contributed by atoms with Crippen molar-refractivity contribution in [1.82, 2.24) is 5.32 Å². The van der Waals surface area contributed by atoms with Crippen molar-refractivity contribution in [2.45, 2.75) is 26.7 Å². The Labute approximate surface area is 80.4 Å². The van der Waals surface area contributed by atoms with Crippen molar-refractivity contribution in [2.24, 2.45) is 11.7 Å². The molecule has 0 radical (unpaired) electrons. The van der Waals surface area contributed by atoms with Gasteiger partial charge in [0.25, 0.3) is 0 Å². The van der Waals surface area contributed by atoms with Crippen LogP contribution in [0, 0.1) is 5.92 Å². The molecule has 0 aliphatic carbocycles. The van der Waals surface area contributed by atoms with Crippen LogP contribution in [-0.2, 0) is 4.79 Å². The van der Waals surface area contributed by atoms with Gasteiger partial charge in [-0.3, -0.25) is 4.79 Å². The normalized spacial score (nSPS) is 13.2. The maximum atomic E-state index is 11.4. The number of hydrogen-bond acceptors (Lipinski definition) is 2. The Morgan fingerprint density at radius 1 is 1.62 bits per heavy atom. The van der Waals surface area contributed by atoms with Gasteiger partial charge >= 0.3 is 0 Å². The molecule has 3 nitrogen and oxygen atoms in total. The lowest BCUT2D eigenvalue weighted by Crippen LogP contribution is -2.35. The molecule has 0 aliphatic heterocycles. The molecule has 0 saturated heterocycles. The molecule has 0 aromatic rings. The van der Waals surface area contributed by atoms with Crippen molar-refractivity contribution >= 4 is 5.91 Å². The highest BCUT2D eigenvalue weighted by Crippen LogP contribution is 1.99. The Hall–Kier alpha value is -0.830. The third-order valence-electron chi connectivity index (χ3n) is 1.99. The van der Waals surface area contributed by atoms with Gasteiger partial charge in [0.2, 0.25) is 5.91 Å². The number of rotatable bonds is 6. The summed E-state index contributed by atoms with van der Waals surface area (Å²) in [4.78, 5) is 11.4. The summed E-state index contributed by atoms with van der Waals surface area (Å²) in [5, 5.41) is 2.85. The highest BCUT2D eigenvalue weighted by atomic mass is 16.1. The molecule has 3 heteroatoms. The van der Waals surface area contributed by atoms with E-state index in [1.807, 2.05) is 26.0 Å². The van der Waals surface area contributed by atoms with Gasteiger partial charge in [0.05, 0.1) is 0 Å². The Morgan fingerprint density at radius 2 is 2.31 bits per heavy atom. The van der Waals surface area contributed by atoms with E-state index in [1.54, 1.807) is 0 Å². The Kier molecular flexibility index (Phi) is 7.30. The van der Waals surface area contributed by atoms with Gasteiger partial charge in [-0.25, -0.2) is 0 Å². The van der Waals surface area contributed by atoms with Crippen LogP contribution in [0.15, 0.2) is 12.2 Å². The van der Waals surface area contributed by atoms with Gasteiger partial charge in [-0.05, 0) is 19.8 Å². The molecule has 0 fully saturated rings. The number of amides is 1. The van der Waals surface area contributed by atoms with E-state index >= 15 is 0 Å². The van der Waals surface area contributed by atoms with Crippen LogP contribution in [0.25, 0.3) is 0 Å². The van der Waals surface area contributed by atoms with Gasteiger partial charge in [-0.15, -0.1) is 0 Å². The summed E-state index contributed by atoms with van der Waals surface area (Å²) in [5.74, 6) is 0.0557. The number of nitrogens with one attached hydrogen (secondary N) is 1. The van der Waals surface area contributed by atoms with Crippen LogP contribution in [0.5, 0.6) is 0 Å². The molecule has 0 rings (SSSR count). The summed E-state index contributed by atoms with van der Waals surface area (Å²) in [7, 11) is 0. The van der Waals surface area contributed by atoms with Crippen molar-refractivity contribution in [3.8, 4) is 0 Å². The molecule has 0 heterocycles. The molecule has 3 N–H and O–H groups in total. The first-order valence-corrected chi connectivity index (χ1v) is 4.85. The molecule has 0 aromatic heterocycles. The summed E-state index contributed by atoms with van der Waals surface area (Å²) in [5.41, 5.74) is 5.44. The van der Waals surface area contributed by atoms with Gasteiger partial charge in [-0.1, -0.05) is 19.1 Å². The molecule has 0 aromatic carbocycles. The quantitative estimate of drug-likeness (QED) is 0.479. The van der Waals surface area contributed by atoms with Gasteiger partial charge < -0.3 is 11.1 Å². The maximum Gasteiger partial charge on any atom is 0.224 e. The highest BCUT2D eigenvalue weighted by molar-refractivity contribution is 5.78. The molecule has 0 saturated carbocycles. The minimum Gasteiger partial charge on any atom is -0.356 e. The van der Waals surface area contributed by atoms with Gasteiger partial charge in [0.15, 0.2) is 0 Å². The van der Waals surface area contributed by atoms with Crippen LogP contribution in [0.4, 0.5) is 0 Å². The molecule has 1 amide bonds. The number of hydrogen-bond donors (Lipinski definition) is 2. The van der Waals surface area contributed by atoms with E-state index in [4.69, 9.17) is 5.73 Å². The summed E-state index contributed by atoms with van der Waals surface area (Å²) in [6.07, 6.45) is 5.71. The predicted molar refractivity (Wildman–Crippen MR) is 55.3 cm³/mol. The zero-order valence-electron chi connectivity index (χ0n) is 8.55. The Bertz CT molecular complexity index is 162. The number of allylic oxidation sites excluding steroid dienone is 1. The topological polar surface area (TPSA) is 55.1 Å². The average molecular weight is 184 g/mol. The SMILES string of the molecule is C/C=C/CCNC(=O)C(CC)CN. The van der Waals surface area contributed by atoms with Crippen LogP contribution in [0.2, 0.25) is 0 Å². The number of carbonyl (C=O) groups is 1. The molecular formula is C10H20N2O. The fourth-order valence-electron chi connectivity index (χ4n) is 1.05. The zero-order chi connectivity index (χ0) is 10.1. The Balaban J connectivity index is 3.60. The second-order valence-electron chi connectivity index (χ2n) is 2.99. The first-order valence-electron chi connectivity index (χ1n) is 4.85. The molecule has 13 heavy (non-hydrogen) atoms. The molecule has 0 bridgehead atoms. The van der Waals surface area contributed by atoms with Crippen molar-refractivity contribution in [3.63, 3.8) is 0 Å². The van der Waals surface area contributed by atoms with Crippen LogP contribution in [-0.4, -0.2) is 19.0 Å². The molecule has 1 unspecified atom stereocenters.